The summed E-state index contributed by atoms with van der Waals surface area (Å²) in [5, 5.41) is 7.10. The Labute approximate surface area is 217 Å². The standard InChI is InChI=1S/C24H42N6O2.HI/c1-20(19-29-11-9-28(3)10-12-29)17-26-24(25-2)27-18-23(30-13-15-32-16-14-30)21-5-7-22(31-4)8-6-21;/h5-8,20,23H,9-19H2,1-4H3,(H2,25,26,27);1H. The molecule has 1 aromatic carbocycles. The summed E-state index contributed by atoms with van der Waals surface area (Å²) in [7, 11) is 5.75. The predicted octanol–water partition coefficient (Wildman–Crippen LogP) is 1.74. The third-order valence-electron chi connectivity index (χ3n) is 6.46. The maximum Gasteiger partial charge on any atom is 0.191 e. The zero-order chi connectivity index (χ0) is 22.8. The summed E-state index contributed by atoms with van der Waals surface area (Å²) in [6.07, 6.45) is 0. The molecule has 0 radical (unpaired) electrons. The maximum absolute atomic E-state index is 5.58. The van der Waals surface area contributed by atoms with Crippen molar-refractivity contribution in [3.05, 3.63) is 29.8 Å². The highest BCUT2D eigenvalue weighted by Gasteiger charge is 2.23. The highest BCUT2D eigenvalue weighted by molar-refractivity contribution is 14.0. The van der Waals surface area contributed by atoms with Crippen LogP contribution < -0.4 is 15.4 Å². The number of ether oxygens (including phenoxy) is 2. The summed E-state index contributed by atoms with van der Waals surface area (Å²) in [4.78, 5) is 11.9. The van der Waals surface area contributed by atoms with Crippen LogP contribution in [0.3, 0.4) is 0 Å². The van der Waals surface area contributed by atoms with Gasteiger partial charge in [-0.2, -0.15) is 0 Å². The van der Waals surface area contributed by atoms with Crippen molar-refractivity contribution in [2.24, 2.45) is 10.9 Å². The lowest BCUT2D eigenvalue weighted by Crippen LogP contribution is -2.48. The van der Waals surface area contributed by atoms with Crippen LogP contribution in [0.15, 0.2) is 29.3 Å². The van der Waals surface area contributed by atoms with Gasteiger partial charge >= 0.3 is 0 Å². The molecule has 0 aromatic heterocycles. The van der Waals surface area contributed by atoms with Crippen molar-refractivity contribution < 1.29 is 9.47 Å². The molecule has 0 amide bonds. The summed E-state index contributed by atoms with van der Waals surface area (Å²) in [5.74, 6) is 2.31. The molecule has 8 nitrogen and oxygen atoms in total. The molecule has 0 saturated carbocycles. The van der Waals surface area contributed by atoms with Crippen LogP contribution >= 0.6 is 24.0 Å². The van der Waals surface area contributed by atoms with E-state index in [4.69, 9.17) is 9.47 Å². The Morgan fingerprint density at radius 3 is 2.27 bits per heavy atom. The Morgan fingerprint density at radius 2 is 1.67 bits per heavy atom. The minimum Gasteiger partial charge on any atom is -0.497 e. The van der Waals surface area contributed by atoms with Gasteiger partial charge in [-0.15, -0.1) is 24.0 Å². The first kappa shape index (κ1) is 28.1. The van der Waals surface area contributed by atoms with Crippen LogP contribution in [0.2, 0.25) is 0 Å². The first-order valence-electron chi connectivity index (χ1n) is 11.9. The predicted molar refractivity (Wildman–Crippen MR) is 146 cm³/mol. The molecule has 3 rings (SSSR count). The van der Waals surface area contributed by atoms with Gasteiger partial charge in [0.05, 0.1) is 26.4 Å². The van der Waals surface area contributed by atoms with E-state index in [1.54, 1.807) is 7.11 Å². The number of nitrogens with one attached hydrogen (secondary N) is 2. The smallest absolute Gasteiger partial charge is 0.191 e. The van der Waals surface area contributed by atoms with E-state index in [1.807, 2.05) is 19.2 Å². The fraction of sp³-hybridized carbons (Fsp3) is 0.708. The second-order valence-corrected chi connectivity index (χ2v) is 8.98. The molecule has 9 heteroatoms. The molecule has 188 valence electrons. The van der Waals surface area contributed by atoms with Gasteiger partial charge < -0.3 is 29.9 Å². The molecule has 2 heterocycles. The maximum atomic E-state index is 5.58. The van der Waals surface area contributed by atoms with Crippen LogP contribution in [0, 0.1) is 5.92 Å². The van der Waals surface area contributed by atoms with E-state index in [0.29, 0.717) is 5.92 Å². The number of morpholine rings is 1. The quantitative estimate of drug-likeness (QED) is 0.265. The number of guanidine groups is 1. The van der Waals surface area contributed by atoms with Gasteiger partial charge in [0, 0.05) is 66.0 Å². The van der Waals surface area contributed by atoms with Gasteiger partial charge in [-0.3, -0.25) is 9.89 Å². The zero-order valence-corrected chi connectivity index (χ0v) is 23.1. The van der Waals surface area contributed by atoms with E-state index in [1.165, 1.54) is 5.56 Å². The molecule has 33 heavy (non-hydrogen) atoms. The van der Waals surface area contributed by atoms with E-state index in [0.717, 1.165) is 83.8 Å². The highest BCUT2D eigenvalue weighted by atomic mass is 127. The van der Waals surface area contributed by atoms with Crippen LogP contribution in [-0.4, -0.2) is 114 Å². The van der Waals surface area contributed by atoms with Crippen molar-refractivity contribution in [2.75, 3.05) is 93.3 Å². The third-order valence-corrected chi connectivity index (χ3v) is 6.46. The molecule has 2 fully saturated rings. The summed E-state index contributed by atoms with van der Waals surface area (Å²) < 4.78 is 10.9. The molecular weight excluding hydrogens is 531 g/mol. The molecule has 2 saturated heterocycles. The van der Waals surface area contributed by atoms with Crippen LogP contribution in [0.5, 0.6) is 5.75 Å². The minimum absolute atomic E-state index is 0. The molecule has 2 atom stereocenters. The average Bonchev–Trinajstić information content (AvgIpc) is 2.83. The molecule has 2 N–H and O–H groups in total. The largest absolute Gasteiger partial charge is 0.497 e. The van der Waals surface area contributed by atoms with Crippen molar-refractivity contribution >= 4 is 29.9 Å². The SMILES string of the molecule is CN=C(NCC(C)CN1CCN(C)CC1)NCC(c1ccc(OC)cc1)N1CCOCC1.I. The molecule has 0 bridgehead atoms. The minimum atomic E-state index is 0. The molecule has 0 aliphatic carbocycles. The normalized spacial score (nSPS) is 20.5. The lowest BCUT2D eigenvalue weighted by atomic mass is 10.0. The molecule has 0 spiro atoms. The monoisotopic (exact) mass is 574 g/mol. The van der Waals surface area contributed by atoms with Crippen LogP contribution in [0.1, 0.15) is 18.5 Å². The molecule has 2 aliphatic heterocycles. The lowest BCUT2D eigenvalue weighted by molar-refractivity contribution is 0.0170. The van der Waals surface area contributed by atoms with Gasteiger partial charge in [0.2, 0.25) is 0 Å². The van der Waals surface area contributed by atoms with Gasteiger partial charge in [-0.1, -0.05) is 19.1 Å². The number of benzene rings is 1. The number of likely N-dealkylation sites (N-methyl/N-ethyl adjacent to an activating group) is 1. The molecule has 2 aliphatic rings. The summed E-state index contributed by atoms with van der Waals surface area (Å²) in [6.45, 7) is 13.2. The number of rotatable bonds is 9. The van der Waals surface area contributed by atoms with E-state index in [-0.39, 0.29) is 30.0 Å². The zero-order valence-electron chi connectivity index (χ0n) is 20.8. The van der Waals surface area contributed by atoms with Gasteiger partial charge in [0.25, 0.3) is 0 Å². The van der Waals surface area contributed by atoms with Crippen LogP contribution in [0.25, 0.3) is 0 Å². The summed E-state index contributed by atoms with van der Waals surface area (Å²) in [5.41, 5.74) is 1.28. The molecule has 2 unspecified atom stereocenters. The number of hydrogen-bond acceptors (Lipinski definition) is 6. The number of aliphatic imine (C=N–C) groups is 1. The molecular formula is C24H43IN6O2. The second-order valence-electron chi connectivity index (χ2n) is 8.98. The van der Waals surface area contributed by atoms with Crippen molar-refractivity contribution in [2.45, 2.75) is 13.0 Å². The van der Waals surface area contributed by atoms with Crippen LogP contribution in [0.4, 0.5) is 0 Å². The van der Waals surface area contributed by atoms with Crippen molar-refractivity contribution in [3.63, 3.8) is 0 Å². The summed E-state index contributed by atoms with van der Waals surface area (Å²) in [6, 6.07) is 8.65. The van der Waals surface area contributed by atoms with Crippen molar-refractivity contribution in [1.82, 2.24) is 25.3 Å². The number of methoxy groups -OCH3 is 1. The first-order valence-corrected chi connectivity index (χ1v) is 11.9. The van der Waals surface area contributed by atoms with E-state index in [9.17, 15) is 0 Å². The van der Waals surface area contributed by atoms with Gasteiger partial charge in [-0.25, -0.2) is 0 Å². The second kappa shape index (κ2) is 15.0. The van der Waals surface area contributed by atoms with E-state index < -0.39 is 0 Å². The number of piperazine rings is 1. The number of halogens is 1. The van der Waals surface area contributed by atoms with E-state index >= 15 is 0 Å². The molecule has 1 aromatic rings. The third kappa shape index (κ3) is 9.20. The fourth-order valence-corrected chi connectivity index (χ4v) is 4.39. The van der Waals surface area contributed by atoms with Crippen molar-refractivity contribution in [3.8, 4) is 5.75 Å². The van der Waals surface area contributed by atoms with Gasteiger partial charge in [-0.05, 0) is 30.7 Å². The Bertz CT molecular complexity index is 691. The van der Waals surface area contributed by atoms with Crippen molar-refractivity contribution in [1.29, 1.82) is 0 Å². The average molecular weight is 575 g/mol. The van der Waals surface area contributed by atoms with Crippen LogP contribution in [-0.2, 0) is 4.74 Å². The summed E-state index contributed by atoms with van der Waals surface area (Å²) >= 11 is 0. The van der Waals surface area contributed by atoms with Gasteiger partial charge in [0.15, 0.2) is 5.96 Å². The topological polar surface area (TPSA) is 64.6 Å². The van der Waals surface area contributed by atoms with E-state index in [2.05, 4.69) is 56.4 Å². The Kier molecular flexibility index (Phi) is 12.8. The Hall–Kier alpha value is -1.14. The Balaban J connectivity index is 0.00000385. The number of nitrogens with zero attached hydrogens (tertiary/aromatic N) is 4. The number of hydrogen-bond donors (Lipinski definition) is 2. The van der Waals surface area contributed by atoms with Gasteiger partial charge in [0.1, 0.15) is 5.75 Å². The lowest BCUT2D eigenvalue weighted by Gasteiger charge is -2.35. The fourth-order valence-electron chi connectivity index (χ4n) is 4.39. The Morgan fingerprint density at radius 1 is 1.03 bits per heavy atom. The first-order chi connectivity index (χ1) is 15.6. The highest BCUT2D eigenvalue weighted by Crippen LogP contribution is 2.23.